The first-order chi connectivity index (χ1) is 10.5. The maximum absolute atomic E-state index is 5.52. The highest BCUT2D eigenvalue weighted by atomic mass is 16.5. The Morgan fingerprint density at radius 3 is 1.95 bits per heavy atom. The molecular weight excluding hydrogens is 276 g/mol. The molecule has 4 heterocycles. The maximum Gasteiger partial charge on any atom is 0.240 e. The predicted octanol–water partition coefficient (Wildman–Crippen LogP) is -0.0843. The topological polar surface area (TPSA) is 27.3 Å². The standard InChI is InChI=1S/C18H26N2O2/c1-17-8-18(2)11-19(9-17)16(20(10-17)12-18)13-5-6-14(21-3)15(7-13)22-4/h5-7,16H,8-12H2,1-4H3/p+2. The minimum absolute atomic E-state index is 0.531. The molecule has 4 aliphatic rings. The zero-order chi connectivity index (χ0) is 15.5. The second-order valence-electron chi connectivity index (χ2n) is 8.37. The van der Waals surface area contributed by atoms with Crippen molar-refractivity contribution in [3.05, 3.63) is 23.8 Å². The normalized spacial score (nSPS) is 42.5. The molecule has 0 atom stereocenters. The van der Waals surface area contributed by atoms with E-state index in [1.807, 2.05) is 0 Å². The molecule has 0 spiro atoms. The van der Waals surface area contributed by atoms with Crippen LogP contribution in [-0.4, -0.2) is 40.4 Å². The fraction of sp³-hybridized carbons (Fsp3) is 0.667. The molecule has 0 aromatic heterocycles. The summed E-state index contributed by atoms with van der Waals surface area (Å²) in [6, 6.07) is 6.49. The molecule has 1 aromatic rings. The van der Waals surface area contributed by atoms with Crippen LogP contribution in [0.2, 0.25) is 0 Å². The van der Waals surface area contributed by atoms with Crippen LogP contribution in [0.5, 0.6) is 11.5 Å². The third-order valence-corrected chi connectivity index (χ3v) is 6.03. The zero-order valence-electron chi connectivity index (χ0n) is 14.2. The van der Waals surface area contributed by atoms with Gasteiger partial charge in [-0.2, -0.15) is 0 Å². The number of quaternary nitrogens is 2. The van der Waals surface area contributed by atoms with Gasteiger partial charge in [0.15, 0.2) is 11.5 Å². The van der Waals surface area contributed by atoms with E-state index in [0.717, 1.165) is 11.5 Å². The monoisotopic (exact) mass is 304 g/mol. The van der Waals surface area contributed by atoms with E-state index < -0.39 is 0 Å². The van der Waals surface area contributed by atoms with E-state index in [1.54, 1.807) is 24.0 Å². The molecule has 4 aliphatic heterocycles. The van der Waals surface area contributed by atoms with Gasteiger partial charge >= 0.3 is 0 Å². The van der Waals surface area contributed by atoms with Crippen molar-refractivity contribution in [1.82, 2.24) is 0 Å². The van der Waals surface area contributed by atoms with E-state index in [1.165, 1.54) is 38.2 Å². The molecule has 4 nitrogen and oxygen atoms in total. The second kappa shape index (κ2) is 4.62. The van der Waals surface area contributed by atoms with Crippen LogP contribution >= 0.6 is 0 Å². The first-order valence-electron chi connectivity index (χ1n) is 8.36. The molecule has 0 amide bonds. The first kappa shape index (κ1) is 14.3. The summed E-state index contributed by atoms with van der Waals surface area (Å²) in [5, 5.41) is 0. The Kier molecular flexibility index (Phi) is 3.01. The zero-order valence-corrected chi connectivity index (χ0v) is 14.2. The third kappa shape index (κ3) is 2.04. The minimum Gasteiger partial charge on any atom is -0.493 e. The predicted molar refractivity (Wildman–Crippen MR) is 84.5 cm³/mol. The van der Waals surface area contributed by atoms with Gasteiger partial charge in [0.2, 0.25) is 6.17 Å². The van der Waals surface area contributed by atoms with Crippen molar-refractivity contribution in [2.75, 3.05) is 40.4 Å². The van der Waals surface area contributed by atoms with Gasteiger partial charge in [-0.15, -0.1) is 0 Å². The lowest BCUT2D eigenvalue weighted by Crippen LogP contribution is -3.40. The van der Waals surface area contributed by atoms with Crippen molar-refractivity contribution in [3.8, 4) is 11.5 Å². The molecule has 22 heavy (non-hydrogen) atoms. The Hall–Kier alpha value is -1.26. The Morgan fingerprint density at radius 2 is 1.45 bits per heavy atom. The van der Waals surface area contributed by atoms with E-state index in [2.05, 4.69) is 32.0 Å². The van der Waals surface area contributed by atoms with Gasteiger partial charge in [-0.25, -0.2) is 0 Å². The van der Waals surface area contributed by atoms with Crippen molar-refractivity contribution >= 4 is 0 Å². The number of hydrogen-bond acceptors (Lipinski definition) is 2. The van der Waals surface area contributed by atoms with Crippen LogP contribution in [0.15, 0.2) is 18.2 Å². The molecule has 4 bridgehead atoms. The van der Waals surface area contributed by atoms with Crippen molar-refractivity contribution in [2.24, 2.45) is 10.8 Å². The molecule has 0 saturated carbocycles. The highest BCUT2D eigenvalue weighted by Crippen LogP contribution is 2.40. The molecule has 4 heteroatoms. The maximum atomic E-state index is 5.52. The van der Waals surface area contributed by atoms with E-state index in [0.29, 0.717) is 17.0 Å². The van der Waals surface area contributed by atoms with E-state index in [-0.39, 0.29) is 0 Å². The van der Waals surface area contributed by atoms with E-state index in [9.17, 15) is 0 Å². The van der Waals surface area contributed by atoms with Gasteiger partial charge in [-0.1, -0.05) is 0 Å². The van der Waals surface area contributed by atoms with Crippen LogP contribution in [0.4, 0.5) is 0 Å². The lowest BCUT2D eigenvalue weighted by Gasteiger charge is -2.60. The van der Waals surface area contributed by atoms with Crippen molar-refractivity contribution in [3.63, 3.8) is 0 Å². The largest absolute Gasteiger partial charge is 0.493 e. The average Bonchev–Trinajstić information content (AvgIpc) is 2.43. The van der Waals surface area contributed by atoms with E-state index in [4.69, 9.17) is 9.47 Å². The van der Waals surface area contributed by atoms with Crippen molar-refractivity contribution in [1.29, 1.82) is 0 Å². The summed E-state index contributed by atoms with van der Waals surface area (Å²) >= 11 is 0. The van der Waals surface area contributed by atoms with Crippen molar-refractivity contribution < 1.29 is 19.3 Å². The summed E-state index contributed by atoms with van der Waals surface area (Å²) in [4.78, 5) is 3.52. The summed E-state index contributed by atoms with van der Waals surface area (Å²) < 4.78 is 10.9. The van der Waals surface area contributed by atoms with Gasteiger partial charge in [0.05, 0.1) is 56.8 Å². The van der Waals surface area contributed by atoms with Gasteiger partial charge in [0.1, 0.15) is 0 Å². The van der Waals surface area contributed by atoms with Gasteiger partial charge in [-0.3, -0.25) is 9.80 Å². The van der Waals surface area contributed by atoms with Gasteiger partial charge < -0.3 is 9.47 Å². The van der Waals surface area contributed by atoms with Crippen LogP contribution < -0.4 is 19.3 Å². The minimum atomic E-state index is 0.531. The summed E-state index contributed by atoms with van der Waals surface area (Å²) in [5.41, 5.74) is 2.46. The number of rotatable bonds is 3. The molecule has 2 N–H and O–H groups in total. The first-order valence-corrected chi connectivity index (χ1v) is 8.36. The molecule has 0 aliphatic carbocycles. The molecule has 4 fully saturated rings. The van der Waals surface area contributed by atoms with Crippen LogP contribution in [-0.2, 0) is 0 Å². The molecule has 5 rings (SSSR count). The Bertz CT molecular complexity index is 565. The summed E-state index contributed by atoms with van der Waals surface area (Å²) in [5.74, 6) is 1.68. The van der Waals surface area contributed by atoms with Gasteiger partial charge in [0, 0.05) is 0 Å². The number of nitrogens with one attached hydrogen (secondary N) is 2. The lowest BCUT2D eigenvalue weighted by atomic mass is 9.63. The fourth-order valence-electron chi connectivity index (χ4n) is 5.92. The van der Waals surface area contributed by atoms with Crippen LogP contribution in [0, 0.1) is 10.8 Å². The molecule has 4 saturated heterocycles. The number of ether oxygens (including phenoxy) is 2. The number of benzene rings is 1. The molecule has 0 radical (unpaired) electrons. The smallest absolute Gasteiger partial charge is 0.240 e. The summed E-state index contributed by atoms with van der Waals surface area (Å²) in [6.45, 7) is 10.2. The number of methoxy groups -OCH3 is 2. The highest BCUT2D eigenvalue weighted by molar-refractivity contribution is 5.43. The Labute approximate surface area is 133 Å². The lowest BCUT2D eigenvalue weighted by molar-refractivity contribution is -1.18. The molecular formula is C18H28N2O2+2. The molecule has 0 unspecified atom stereocenters. The fourth-order valence-corrected chi connectivity index (χ4v) is 5.92. The highest BCUT2D eigenvalue weighted by Gasteiger charge is 2.62. The number of piperidine rings is 2. The summed E-state index contributed by atoms with van der Waals surface area (Å²) in [7, 11) is 3.42. The summed E-state index contributed by atoms with van der Waals surface area (Å²) in [6.07, 6.45) is 1.97. The SMILES string of the molecule is COc1ccc(C2[NH+]3CC4(C)C[NH+]2CC(C)(C3)C4)cc1OC. The third-order valence-electron chi connectivity index (χ3n) is 6.03. The Balaban J connectivity index is 1.70. The quantitative estimate of drug-likeness (QED) is 0.817. The molecule has 1 aromatic carbocycles. The Morgan fingerprint density at radius 1 is 0.909 bits per heavy atom. The van der Waals surface area contributed by atoms with Gasteiger partial charge in [-0.05, 0) is 38.5 Å². The van der Waals surface area contributed by atoms with E-state index >= 15 is 0 Å². The van der Waals surface area contributed by atoms with Crippen LogP contribution in [0.25, 0.3) is 0 Å². The van der Waals surface area contributed by atoms with Crippen molar-refractivity contribution in [2.45, 2.75) is 26.4 Å². The second-order valence-corrected chi connectivity index (χ2v) is 8.37. The average molecular weight is 304 g/mol. The van der Waals surface area contributed by atoms with Crippen LogP contribution in [0.3, 0.4) is 0 Å². The van der Waals surface area contributed by atoms with Gasteiger partial charge in [0.25, 0.3) is 0 Å². The number of hydrogen-bond donors (Lipinski definition) is 2. The molecule has 120 valence electrons. The van der Waals surface area contributed by atoms with Crippen LogP contribution in [0.1, 0.15) is 32.0 Å².